The molecule has 0 unspecified atom stereocenters. The molecule has 0 fully saturated rings. The summed E-state index contributed by atoms with van der Waals surface area (Å²) in [6, 6.07) is 11.3. The number of aryl methyl sites for hydroxylation is 2. The molecule has 0 N–H and O–H groups in total. The molecule has 140 valence electrons. The number of benzene rings is 2. The molecule has 0 aliphatic rings. The van der Waals surface area contributed by atoms with Crippen molar-refractivity contribution in [2.24, 2.45) is 0 Å². The highest BCUT2D eigenvalue weighted by Gasteiger charge is 2.14. The molecule has 0 aliphatic carbocycles. The van der Waals surface area contributed by atoms with Crippen LogP contribution in [0.4, 0.5) is 8.78 Å². The van der Waals surface area contributed by atoms with E-state index in [1.807, 2.05) is 31.2 Å². The van der Waals surface area contributed by atoms with E-state index in [4.69, 9.17) is 4.42 Å². The molecule has 0 aliphatic heterocycles. The van der Waals surface area contributed by atoms with E-state index in [1.165, 1.54) is 17.8 Å². The number of hydrogen-bond donors (Lipinski definition) is 0. The largest absolute Gasteiger partial charge is 0.441 e. The number of oxazole rings is 1. The first-order valence-electron chi connectivity index (χ1n) is 8.62. The quantitative estimate of drug-likeness (QED) is 0.641. The first-order chi connectivity index (χ1) is 12.9. The van der Waals surface area contributed by atoms with Gasteiger partial charge in [0.05, 0.1) is 11.8 Å². The minimum Gasteiger partial charge on any atom is -0.441 e. The van der Waals surface area contributed by atoms with E-state index in [2.05, 4.69) is 4.98 Å². The maximum absolute atomic E-state index is 13.8. The topological polar surface area (TPSA) is 46.3 Å². The van der Waals surface area contributed by atoms with Crippen molar-refractivity contribution in [1.29, 1.82) is 0 Å². The highest BCUT2D eigenvalue weighted by molar-refractivity contribution is 5.76. The third-order valence-corrected chi connectivity index (χ3v) is 4.27. The molecule has 1 amide bonds. The zero-order chi connectivity index (χ0) is 19.4. The van der Waals surface area contributed by atoms with Gasteiger partial charge in [-0.2, -0.15) is 0 Å². The second kappa shape index (κ2) is 8.12. The molecular formula is C21H20F2N2O2. The van der Waals surface area contributed by atoms with Crippen LogP contribution in [0.1, 0.15) is 23.4 Å². The molecule has 2 aromatic carbocycles. The number of rotatable bonds is 6. The van der Waals surface area contributed by atoms with Crippen LogP contribution < -0.4 is 0 Å². The molecule has 0 saturated carbocycles. The minimum atomic E-state index is -0.716. The Hall–Kier alpha value is -3.02. The fourth-order valence-corrected chi connectivity index (χ4v) is 2.70. The van der Waals surface area contributed by atoms with Gasteiger partial charge in [-0.15, -0.1) is 0 Å². The number of carbonyl (C=O) groups excluding carboxylic acids is 1. The summed E-state index contributed by atoms with van der Waals surface area (Å²) in [5.41, 5.74) is 2.37. The van der Waals surface area contributed by atoms with E-state index in [0.29, 0.717) is 18.9 Å². The van der Waals surface area contributed by atoms with Crippen molar-refractivity contribution in [3.8, 4) is 11.3 Å². The molecule has 1 heterocycles. The molecular weight excluding hydrogens is 350 g/mol. The smallest absolute Gasteiger partial charge is 0.223 e. The molecule has 0 saturated heterocycles. The van der Waals surface area contributed by atoms with Crippen LogP contribution >= 0.6 is 0 Å². The summed E-state index contributed by atoms with van der Waals surface area (Å²) < 4.78 is 32.3. The third-order valence-electron chi connectivity index (χ3n) is 4.27. The summed E-state index contributed by atoms with van der Waals surface area (Å²) in [4.78, 5) is 18.0. The summed E-state index contributed by atoms with van der Waals surface area (Å²) in [5, 5.41) is 0. The molecule has 6 heteroatoms. The number of aromatic nitrogens is 1. The zero-order valence-corrected chi connectivity index (χ0v) is 15.2. The van der Waals surface area contributed by atoms with Crippen LogP contribution in [0.25, 0.3) is 11.3 Å². The molecule has 27 heavy (non-hydrogen) atoms. The second-order valence-electron chi connectivity index (χ2n) is 6.48. The first kappa shape index (κ1) is 18.8. The Kier molecular flexibility index (Phi) is 5.64. The molecule has 3 aromatic rings. The van der Waals surface area contributed by atoms with E-state index in [0.717, 1.165) is 17.7 Å². The normalized spacial score (nSPS) is 10.8. The van der Waals surface area contributed by atoms with Gasteiger partial charge in [-0.25, -0.2) is 13.8 Å². The molecule has 1 aromatic heterocycles. The Morgan fingerprint density at radius 2 is 1.89 bits per heavy atom. The molecule has 0 bridgehead atoms. The summed E-state index contributed by atoms with van der Waals surface area (Å²) in [5.74, 6) is -0.859. The lowest BCUT2D eigenvalue weighted by molar-refractivity contribution is -0.130. The van der Waals surface area contributed by atoms with Crippen molar-refractivity contribution in [2.75, 3.05) is 7.05 Å². The maximum Gasteiger partial charge on any atom is 0.223 e. The highest BCUT2D eigenvalue weighted by Crippen LogP contribution is 2.24. The zero-order valence-electron chi connectivity index (χ0n) is 15.2. The van der Waals surface area contributed by atoms with E-state index < -0.39 is 11.6 Å². The average Bonchev–Trinajstić information content (AvgIpc) is 3.10. The lowest BCUT2D eigenvalue weighted by atomic mass is 10.1. The molecule has 0 spiro atoms. The summed E-state index contributed by atoms with van der Waals surface area (Å²) in [6.45, 7) is 2.54. The fraction of sp³-hybridized carbons (Fsp3) is 0.238. The Morgan fingerprint density at radius 1 is 1.15 bits per heavy atom. The van der Waals surface area contributed by atoms with Crippen LogP contribution in [0.5, 0.6) is 0 Å². The monoisotopic (exact) mass is 370 g/mol. The van der Waals surface area contributed by atoms with Gasteiger partial charge >= 0.3 is 0 Å². The van der Waals surface area contributed by atoms with Crippen molar-refractivity contribution in [3.05, 3.63) is 77.3 Å². The average molecular weight is 370 g/mol. The summed E-state index contributed by atoms with van der Waals surface area (Å²) in [6.07, 6.45) is 1.92. The minimum absolute atomic E-state index is 0.0386. The van der Waals surface area contributed by atoms with Gasteiger partial charge in [-0.1, -0.05) is 29.8 Å². The van der Waals surface area contributed by atoms with Gasteiger partial charge in [0.1, 0.15) is 11.6 Å². The Balaban J connectivity index is 1.57. The van der Waals surface area contributed by atoms with Gasteiger partial charge in [-0.05, 0) is 24.6 Å². The van der Waals surface area contributed by atoms with Gasteiger partial charge in [0.25, 0.3) is 0 Å². The highest BCUT2D eigenvalue weighted by atomic mass is 19.1. The predicted octanol–water partition coefficient (Wildman–Crippen LogP) is 4.52. The molecule has 0 atom stereocenters. The number of amides is 1. The van der Waals surface area contributed by atoms with Crippen molar-refractivity contribution in [3.63, 3.8) is 0 Å². The van der Waals surface area contributed by atoms with Gasteiger partial charge in [0.15, 0.2) is 11.7 Å². The molecule has 4 nitrogen and oxygen atoms in total. The van der Waals surface area contributed by atoms with Crippen molar-refractivity contribution in [2.45, 2.75) is 26.3 Å². The fourth-order valence-electron chi connectivity index (χ4n) is 2.70. The SMILES string of the molecule is Cc1ccc(CN(C)C(=O)CCc2ncc(-c3ccc(F)cc3F)o2)cc1. The predicted molar refractivity (Wildman–Crippen MR) is 97.8 cm³/mol. The van der Waals surface area contributed by atoms with E-state index >= 15 is 0 Å². The number of halogens is 2. The van der Waals surface area contributed by atoms with Crippen LogP contribution in [-0.4, -0.2) is 22.8 Å². The molecule has 3 rings (SSSR count). The van der Waals surface area contributed by atoms with E-state index in [9.17, 15) is 13.6 Å². The van der Waals surface area contributed by atoms with Crippen LogP contribution in [0.15, 0.2) is 53.1 Å². The lowest BCUT2D eigenvalue weighted by Crippen LogP contribution is -2.26. The van der Waals surface area contributed by atoms with Gasteiger partial charge in [-0.3, -0.25) is 4.79 Å². The summed E-state index contributed by atoms with van der Waals surface area (Å²) in [7, 11) is 1.75. The van der Waals surface area contributed by atoms with Crippen LogP contribution in [-0.2, 0) is 17.8 Å². The first-order valence-corrected chi connectivity index (χ1v) is 8.62. The summed E-state index contributed by atoms with van der Waals surface area (Å²) >= 11 is 0. The second-order valence-corrected chi connectivity index (χ2v) is 6.48. The van der Waals surface area contributed by atoms with Crippen molar-refractivity contribution >= 4 is 5.91 Å². The Labute approximate surface area is 156 Å². The van der Waals surface area contributed by atoms with Crippen LogP contribution in [0.3, 0.4) is 0 Å². The maximum atomic E-state index is 13.8. The Bertz CT molecular complexity index is 936. The van der Waals surface area contributed by atoms with Gasteiger partial charge < -0.3 is 9.32 Å². The van der Waals surface area contributed by atoms with Crippen molar-refractivity contribution in [1.82, 2.24) is 9.88 Å². The van der Waals surface area contributed by atoms with Gasteiger partial charge in [0, 0.05) is 32.5 Å². The Morgan fingerprint density at radius 3 is 2.59 bits per heavy atom. The number of nitrogens with zero attached hydrogens (tertiary/aromatic N) is 2. The van der Waals surface area contributed by atoms with Crippen LogP contribution in [0.2, 0.25) is 0 Å². The number of carbonyl (C=O) groups is 1. The van der Waals surface area contributed by atoms with E-state index in [1.54, 1.807) is 11.9 Å². The third kappa shape index (κ3) is 4.78. The van der Waals surface area contributed by atoms with E-state index in [-0.39, 0.29) is 23.7 Å². The number of hydrogen-bond acceptors (Lipinski definition) is 3. The molecule has 0 radical (unpaired) electrons. The lowest BCUT2D eigenvalue weighted by Gasteiger charge is -2.17. The standard InChI is InChI=1S/C21H20F2N2O2/c1-14-3-5-15(6-4-14)13-25(2)21(26)10-9-20-24-12-19(27-20)17-8-7-16(22)11-18(17)23/h3-8,11-12H,9-10,13H2,1-2H3. The van der Waals surface area contributed by atoms with Crippen molar-refractivity contribution < 1.29 is 18.0 Å². The van der Waals surface area contributed by atoms with Gasteiger partial charge in [0.2, 0.25) is 5.91 Å². The van der Waals surface area contributed by atoms with Crippen LogP contribution in [0, 0.1) is 18.6 Å².